The van der Waals surface area contributed by atoms with E-state index in [1.54, 1.807) is 24.3 Å². The number of fused-ring (bicyclic) bond motifs is 1. The molecule has 4 rings (SSSR count). The summed E-state index contributed by atoms with van der Waals surface area (Å²) in [5, 5.41) is 3.22. The van der Waals surface area contributed by atoms with Crippen LogP contribution in [0, 0.1) is 0 Å². The predicted molar refractivity (Wildman–Crippen MR) is 113 cm³/mol. The van der Waals surface area contributed by atoms with Crippen LogP contribution in [0.5, 0.6) is 11.5 Å². The van der Waals surface area contributed by atoms with E-state index in [-0.39, 0.29) is 36.3 Å². The van der Waals surface area contributed by atoms with Gasteiger partial charge in [-0.25, -0.2) is 0 Å². The molecular formula is C21H19ClN4O4. The van der Waals surface area contributed by atoms with Crippen LogP contribution in [0.15, 0.2) is 47.3 Å². The number of carbonyl (C=O) groups is 1. The molecule has 1 aliphatic heterocycles. The number of hydrogen-bond acceptors (Lipinski definition) is 6. The molecule has 8 nitrogen and oxygen atoms in total. The Morgan fingerprint density at radius 3 is 2.77 bits per heavy atom. The van der Waals surface area contributed by atoms with Crippen LogP contribution in [0.4, 0.5) is 11.8 Å². The van der Waals surface area contributed by atoms with Crippen molar-refractivity contribution in [2.75, 3.05) is 18.2 Å². The zero-order valence-corrected chi connectivity index (χ0v) is 16.8. The molecule has 30 heavy (non-hydrogen) atoms. The van der Waals surface area contributed by atoms with E-state index < -0.39 is 5.92 Å². The van der Waals surface area contributed by atoms with Gasteiger partial charge in [0.25, 0.3) is 5.56 Å². The molecule has 1 amide bonds. The maximum Gasteiger partial charge on any atom is 0.258 e. The van der Waals surface area contributed by atoms with E-state index in [2.05, 4.69) is 15.3 Å². The number of nitrogens with zero attached hydrogens (tertiary/aromatic N) is 1. The summed E-state index contributed by atoms with van der Waals surface area (Å²) < 4.78 is 11.4. The van der Waals surface area contributed by atoms with Crippen molar-refractivity contribution in [1.29, 1.82) is 0 Å². The van der Waals surface area contributed by atoms with Crippen LogP contribution in [0.3, 0.4) is 0 Å². The van der Waals surface area contributed by atoms with Gasteiger partial charge in [0.2, 0.25) is 11.9 Å². The largest absolute Gasteiger partial charge is 0.493 e. The quantitative estimate of drug-likeness (QED) is 0.576. The average Bonchev–Trinajstić information content (AvgIpc) is 2.72. The molecule has 0 fully saturated rings. The lowest BCUT2D eigenvalue weighted by molar-refractivity contribution is -0.116. The number of rotatable bonds is 5. The maximum atomic E-state index is 12.5. The number of nitrogens with two attached hydrogens (primary N) is 1. The lowest BCUT2D eigenvalue weighted by Crippen LogP contribution is -2.31. The van der Waals surface area contributed by atoms with Gasteiger partial charge in [0, 0.05) is 22.9 Å². The zero-order valence-electron chi connectivity index (χ0n) is 16.1. The SMILES string of the molecule is COc1cc(C2CC(=O)Nc3nc(N)[nH]c(=O)c32)ccc1OCc1ccccc1Cl. The van der Waals surface area contributed by atoms with E-state index in [0.29, 0.717) is 22.1 Å². The predicted octanol–water partition coefficient (Wildman–Crippen LogP) is 3.07. The first-order valence-corrected chi connectivity index (χ1v) is 9.57. The molecule has 1 aromatic heterocycles. The van der Waals surface area contributed by atoms with E-state index >= 15 is 0 Å². The molecule has 0 spiro atoms. The molecule has 1 aliphatic rings. The van der Waals surface area contributed by atoms with Crippen LogP contribution in [0.1, 0.15) is 29.0 Å². The number of ether oxygens (including phenoxy) is 2. The van der Waals surface area contributed by atoms with Crippen LogP contribution in [0.2, 0.25) is 5.02 Å². The number of nitrogen functional groups attached to an aromatic ring is 1. The summed E-state index contributed by atoms with van der Waals surface area (Å²) >= 11 is 6.18. The minimum absolute atomic E-state index is 0.0550. The second-order valence-electron chi connectivity index (χ2n) is 6.81. The van der Waals surface area contributed by atoms with E-state index in [9.17, 15) is 9.59 Å². The lowest BCUT2D eigenvalue weighted by atomic mass is 9.86. The summed E-state index contributed by atoms with van der Waals surface area (Å²) in [6, 6.07) is 12.7. The fourth-order valence-electron chi connectivity index (χ4n) is 3.46. The third kappa shape index (κ3) is 3.81. The molecule has 2 heterocycles. The number of carbonyl (C=O) groups excluding carboxylic acids is 1. The summed E-state index contributed by atoms with van der Waals surface area (Å²) in [6.07, 6.45) is 0.102. The van der Waals surface area contributed by atoms with Gasteiger partial charge in [-0.1, -0.05) is 35.9 Å². The van der Waals surface area contributed by atoms with Crippen molar-refractivity contribution in [3.8, 4) is 11.5 Å². The normalized spacial score (nSPS) is 15.3. The summed E-state index contributed by atoms with van der Waals surface area (Å²) in [4.78, 5) is 31.2. The van der Waals surface area contributed by atoms with Crippen molar-refractivity contribution in [2.24, 2.45) is 0 Å². The fraction of sp³-hybridized carbons (Fsp3) is 0.190. The Morgan fingerprint density at radius 1 is 1.20 bits per heavy atom. The number of methoxy groups -OCH3 is 1. The molecule has 0 saturated carbocycles. The van der Waals surface area contributed by atoms with Crippen LogP contribution in [-0.2, 0) is 11.4 Å². The van der Waals surface area contributed by atoms with Crippen molar-refractivity contribution in [1.82, 2.24) is 9.97 Å². The molecule has 1 atom stereocenters. The highest BCUT2D eigenvalue weighted by Gasteiger charge is 2.31. The minimum atomic E-state index is -0.489. The van der Waals surface area contributed by atoms with Gasteiger partial charge in [-0.3, -0.25) is 14.6 Å². The van der Waals surface area contributed by atoms with Crippen molar-refractivity contribution in [3.63, 3.8) is 0 Å². The molecule has 1 unspecified atom stereocenters. The summed E-state index contributed by atoms with van der Waals surface area (Å²) in [7, 11) is 1.53. The Balaban J connectivity index is 1.66. The third-order valence-electron chi connectivity index (χ3n) is 4.90. The third-order valence-corrected chi connectivity index (χ3v) is 5.27. The highest BCUT2D eigenvalue weighted by molar-refractivity contribution is 6.31. The summed E-state index contributed by atoms with van der Waals surface area (Å²) in [6.45, 7) is 0.271. The molecule has 0 bridgehead atoms. The number of amides is 1. The van der Waals surface area contributed by atoms with Gasteiger partial charge < -0.3 is 20.5 Å². The highest BCUT2D eigenvalue weighted by atomic mass is 35.5. The molecule has 9 heteroatoms. The highest BCUT2D eigenvalue weighted by Crippen LogP contribution is 2.38. The smallest absolute Gasteiger partial charge is 0.258 e. The minimum Gasteiger partial charge on any atom is -0.493 e. The number of halogens is 1. The number of aromatic amines is 1. The first kappa shape index (κ1) is 19.8. The first-order valence-electron chi connectivity index (χ1n) is 9.20. The Hall–Kier alpha value is -3.52. The maximum absolute atomic E-state index is 12.5. The fourth-order valence-corrected chi connectivity index (χ4v) is 3.65. The summed E-state index contributed by atoms with van der Waals surface area (Å²) in [5.74, 6) is 0.383. The molecule has 3 aromatic rings. The van der Waals surface area contributed by atoms with Crippen LogP contribution < -0.4 is 26.1 Å². The average molecular weight is 427 g/mol. The number of benzene rings is 2. The van der Waals surface area contributed by atoms with Gasteiger partial charge in [0.15, 0.2) is 11.5 Å². The van der Waals surface area contributed by atoms with E-state index in [1.165, 1.54) is 7.11 Å². The Kier molecular flexibility index (Phi) is 5.33. The van der Waals surface area contributed by atoms with Gasteiger partial charge in [0.1, 0.15) is 12.4 Å². The molecular weight excluding hydrogens is 408 g/mol. The number of aromatic nitrogens is 2. The number of nitrogens with one attached hydrogen (secondary N) is 2. The van der Waals surface area contributed by atoms with E-state index in [1.807, 2.05) is 18.2 Å². The van der Waals surface area contributed by atoms with Crippen molar-refractivity contribution in [3.05, 3.63) is 74.5 Å². The Bertz CT molecular complexity index is 1180. The molecule has 2 aromatic carbocycles. The lowest BCUT2D eigenvalue weighted by Gasteiger charge is -2.25. The van der Waals surface area contributed by atoms with Gasteiger partial charge >= 0.3 is 0 Å². The van der Waals surface area contributed by atoms with Crippen molar-refractivity contribution >= 4 is 29.3 Å². The second-order valence-corrected chi connectivity index (χ2v) is 7.22. The van der Waals surface area contributed by atoms with Crippen LogP contribution >= 0.6 is 11.6 Å². The Morgan fingerprint density at radius 2 is 2.00 bits per heavy atom. The van der Waals surface area contributed by atoms with Crippen molar-refractivity contribution < 1.29 is 14.3 Å². The molecule has 0 radical (unpaired) electrons. The second kappa shape index (κ2) is 8.08. The van der Waals surface area contributed by atoms with Gasteiger partial charge in [-0.05, 0) is 23.8 Å². The number of H-pyrrole nitrogens is 1. The van der Waals surface area contributed by atoms with Crippen molar-refractivity contribution in [2.45, 2.75) is 18.9 Å². The van der Waals surface area contributed by atoms with Gasteiger partial charge in [-0.2, -0.15) is 4.98 Å². The van der Waals surface area contributed by atoms with Crippen LogP contribution in [0.25, 0.3) is 0 Å². The zero-order chi connectivity index (χ0) is 21.3. The number of hydrogen-bond donors (Lipinski definition) is 3. The first-order chi connectivity index (χ1) is 14.5. The van der Waals surface area contributed by atoms with E-state index in [0.717, 1.165) is 11.1 Å². The molecule has 154 valence electrons. The van der Waals surface area contributed by atoms with Gasteiger partial charge in [0.05, 0.1) is 12.7 Å². The molecule has 4 N–H and O–H groups in total. The number of anilines is 2. The Labute approximate surface area is 177 Å². The van der Waals surface area contributed by atoms with Crippen LogP contribution in [-0.4, -0.2) is 23.0 Å². The standard InChI is InChI=1S/C21H19ClN4O4/c1-29-16-8-11(6-7-15(16)30-10-12-4-2-3-5-14(12)22)13-9-17(27)24-19-18(13)20(28)26-21(23)25-19/h2-8,13H,9-10H2,1H3,(H4,23,24,25,26,27,28). The summed E-state index contributed by atoms with van der Waals surface area (Å²) in [5.41, 5.74) is 7.15. The topological polar surface area (TPSA) is 119 Å². The molecule has 0 aliphatic carbocycles. The van der Waals surface area contributed by atoms with E-state index in [4.69, 9.17) is 26.8 Å². The van der Waals surface area contributed by atoms with Gasteiger partial charge in [-0.15, -0.1) is 0 Å². The molecule has 0 saturated heterocycles. The monoisotopic (exact) mass is 426 g/mol.